The van der Waals surface area contributed by atoms with Gasteiger partial charge in [-0.05, 0) is 48.0 Å². The fourth-order valence-corrected chi connectivity index (χ4v) is 3.26. The van der Waals surface area contributed by atoms with Crippen molar-refractivity contribution in [1.29, 1.82) is 0 Å². The molecule has 0 saturated heterocycles. The summed E-state index contributed by atoms with van der Waals surface area (Å²) in [5.41, 5.74) is 1.61. The molecule has 1 aromatic heterocycles. The van der Waals surface area contributed by atoms with Gasteiger partial charge in [-0.3, -0.25) is 9.36 Å². The molecule has 4 rings (SSSR count). The monoisotopic (exact) mass is 402 g/mol. The molecule has 1 heterocycles. The van der Waals surface area contributed by atoms with Gasteiger partial charge in [-0.1, -0.05) is 30.3 Å². The number of benzene rings is 3. The van der Waals surface area contributed by atoms with E-state index in [1.54, 1.807) is 67.8 Å². The van der Waals surface area contributed by atoms with Crippen LogP contribution in [-0.4, -0.2) is 23.8 Å². The number of halogens is 1. The Morgan fingerprint density at radius 3 is 2.47 bits per heavy atom. The van der Waals surface area contributed by atoms with Gasteiger partial charge in [-0.2, -0.15) is 0 Å². The number of methoxy groups -OCH3 is 2. The van der Waals surface area contributed by atoms with Crippen molar-refractivity contribution in [3.63, 3.8) is 0 Å². The van der Waals surface area contributed by atoms with Gasteiger partial charge in [0.2, 0.25) is 0 Å². The van der Waals surface area contributed by atoms with Crippen molar-refractivity contribution in [2.45, 2.75) is 0 Å². The van der Waals surface area contributed by atoms with E-state index in [1.165, 1.54) is 23.8 Å². The second-order valence-corrected chi connectivity index (χ2v) is 6.56. The Hall–Kier alpha value is -3.93. The first kappa shape index (κ1) is 19.4. The maximum Gasteiger partial charge on any atom is 0.266 e. The standard InChI is InChI=1S/C24H19FN2O3/c1-29-21-12-11-18(15-22(21)30-2)27-23(13-10-16-6-5-7-17(25)14-16)26-20-9-4-3-8-19(20)24(27)28/h3-15H,1-2H3/b13-10+. The van der Waals surface area contributed by atoms with E-state index in [0.29, 0.717) is 39.5 Å². The molecule has 0 atom stereocenters. The minimum absolute atomic E-state index is 0.216. The third-order valence-electron chi connectivity index (χ3n) is 4.70. The number of hydrogen-bond donors (Lipinski definition) is 0. The van der Waals surface area contributed by atoms with Gasteiger partial charge in [-0.25, -0.2) is 9.37 Å². The Kier molecular flexibility index (Phi) is 5.30. The number of nitrogens with zero attached hydrogens (tertiary/aromatic N) is 2. The molecule has 0 aliphatic heterocycles. The molecule has 0 fully saturated rings. The average Bonchev–Trinajstić information content (AvgIpc) is 2.77. The summed E-state index contributed by atoms with van der Waals surface area (Å²) in [5.74, 6) is 1.13. The smallest absolute Gasteiger partial charge is 0.266 e. The molecule has 150 valence electrons. The van der Waals surface area contributed by atoms with E-state index in [0.717, 1.165) is 0 Å². The SMILES string of the molecule is COc1ccc(-n2c(/C=C/c3cccc(F)c3)nc3ccccc3c2=O)cc1OC. The predicted octanol–water partition coefficient (Wildman–Crippen LogP) is 4.71. The van der Waals surface area contributed by atoms with Gasteiger partial charge in [0.25, 0.3) is 5.56 Å². The summed E-state index contributed by atoms with van der Waals surface area (Å²) in [7, 11) is 3.09. The Balaban J connectivity index is 1.94. The van der Waals surface area contributed by atoms with Crippen LogP contribution in [0.4, 0.5) is 4.39 Å². The van der Waals surface area contributed by atoms with Crippen LogP contribution in [0, 0.1) is 5.82 Å². The van der Waals surface area contributed by atoms with Gasteiger partial charge in [0.05, 0.1) is 30.8 Å². The molecule has 0 amide bonds. The maximum absolute atomic E-state index is 13.5. The zero-order valence-electron chi connectivity index (χ0n) is 16.5. The first-order chi connectivity index (χ1) is 14.6. The van der Waals surface area contributed by atoms with E-state index >= 15 is 0 Å². The van der Waals surface area contributed by atoms with Crippen LogP contribution in [0.3, 0.4) is 0 Å². The quantitative estimate of drug-likeness (QED) is 0.485. The van der Waals surface area contributed by atoms with E-state index in [-0.39, 0.29) is 11.4 Å². The minimum Gasteiger partial charge on any atom is -0.493 e. The van der Waals surface area contributed by atoms with Crippen molar-refractivity contribution in [2.24, 2.45) is 0 Å². The second-order valence-electron chi connectivity index (χ2n) is 6.56. The molecule has 30 heavy (non-hydrogen) atoms. The van der Waals surface area contributed by atoms with Gasteiger partial charge < -0.3 is 9.47 Å². The van der Waals surface area contributed by atoms with Crippen molar-refractivity contribution >= 4 is 23.1 Å². The van der Waals surface area contributed by atoms with Crippen LogP contribution in [0.5, 0.6) is 11.5 Å². The molecular formula is C24H19FN2O3. The molecule has 5 nitrogen and oxygen atoms in total. The van der Waals surface area contributed by atoms with Crippen molar-refractivity contribution in [3.05, 3.63) is 94.3 Å². The topological polar surface area (TPSA) is 53.4 Å². The van der Waals surface area contributed by atoms with E-state index < -0.39 is 0 Å². The van der Waals surface area contributed by atoms with Crippen molar-refractivity contribution in [1.82, 2.24) is 9.55 Å². The molecule has 3 aromatic carbocycles. The fraction of sp³-hybridized carbons (Fsp3) is 0.0833. The lowest BCUT2D eigenvalue weighted by Crippen LogP contribution is -2.22. The Morgan fingerprint density at radius 2 is 1.70 bits per heavy atom. The van der Waals surface area contributed by atoms with Crippen LogP contribution < -0.4 is 15.0 Å². The van der Waals surface area contributed by atoms with Crippen LogP contribution >= 0.6 is 0 Å². The van der Waals surface area contributed by atoms with E-state index in [1.807, 2.05) is 6.07 Å². The third kappa shape index (κ3) is 3.67. The van der Waals surface area contributed by atoms with Crippen LogP contribution in [0.1, 0.15) is 11.4 Å². The first-order valence-electron chi connectivity index (χ1n) is 9.28. The highest BCUT2D eigenvalue weighted by Crippen LogP contribution is 2.29. The van der Waals surface area contributed by atoms with Crippen molar-refractivity contribution < 1.29 is 13.9 Å². The molecule has 4 aromatic rings. The van der Waals surface area contributed by atoms with Gasteiger partial charge in [0, 0.05) is 6.07 Å². The van der Waals surface area contributed by atoms with Crippen LogP contribution in [0.25, 0.3) is 28.7 Å². The zero-order chi connectivity index (χ0) is 21.1. The summed E-state index contributed by atoms with van der Waals surface area (Å²) in [4.78, 5) is 18.0. The average molecular weight is 402 g/mol. The van der Waals surface area contributed by atoms with Gasteiger partial charge in [-0.15, -0.1) is 0 Å². The molecule has 0 aliphatic carbocycles. The summed E-state index contributed by atoms with van der Waals surface area (Å²) in [6.45, 7) is 0. The lowest BCUT2D eigenvalue weighted by atomic mass is 10.2. The summed E-state index contributed by atoms with van der Waals surface area (Å²) in [6.07, 6.45) is 3.41. The van der Waals surface area contributed by atoms with E-state index in [9.17, 15) is 9.18 Å². The number of rotatable bonds is 5. The van der Waals surface area contributed by atoms with Crippen LogP contribution in [-0.2, 0) is 0 Å². The molecule has 6 heteroatoms. The third-order valence-corrected chi connectivity index (χ3v) is 4.70. The Labute approximate surface area is 172 Å². The number of hydrogen-bond acceptors (Lipinski definition) is 4. The Bertz CT molecular complexity index is 1310. The maximum atomic E-state index is 13.5. The lowest BCUT2D eigenvalue weighted by Gasteiger charge is -2.14. The molecular weight excluding hydrogens is 383 g/mol. The Morgan fingerprint density at radius 1 is 0.900 bits per heavy atom. The number of fused-ring (bicyclic) bond motifs is 1. The molecule has 0 saturated carbocycles. The van der Waals surface area contributed by atoms with Crippen molar-refractivity contribution in [2.75, 3.05) is 14.2 Å². The van der Waals surface area contributed by atoms with E-state index in [4.69, 9.17) is 9.47 Å². The highest BCUT2D eigenvalue weighted by Gasteiger charge is 2.13. The second kappa shape index (κ2) is 8.21. The van der Waals surface area contributed by atoms with Gasteiger partial charge in [0.15, 0.2) is 11.5 Å². The van der Waals surface area contributed by atoms with Gasteiger partial charge in [0.1, 0.15) is 11.6 Å². The number of para-hydroxylation sites is 1. The molecule has 0 aliphatic rings. The molecule has 0 unspecified atom stereocenters. The van der Waals surface area contributed by atoms with Crippen LogP contribution in [0.2, 0.25) is 0 Å². The van der Waals surface area contributed by atoms with Gasteiger partial charge >= 0.3 is 0 Å². The molecule has 0 bridgehead atoms. The summed E-state index contributed by atoms with van der Waals surface area (Å²) < 4.78 is 25.7. The molecule has 0 radical (unpaired) electrons. The molecule has 0 N–H and O–H groups in total. The minimum atomic E-state index is -0.332. The number of aromatic nitrogens is 2. The lowest BCUT2D eigenvalue weighted by molar-refractivity contribution is 0.355. The van der Waals surface area contributed by atoms with E-state index in [2.05, 4.69) is 4.98 Å². The number of ether oxygens (including phenoxy) is 2. The fourth-order valence-electron chi connectivity index (χ4n) is 3.26. The predicted molar refractivity (Wildman–Crippen MR) is 116 cm³/mol. The summed E-state index contributed by atoms with van der Waals surface area (Å²) in [5, 5.41) is 0.496. The summed E-state index contributed by atoms with van der Waals surface area (Å²) >= 11 is 0. The largest absolute Gasteiger partial charge is 0.493 e. The molecule has 0 spiro atoms. The summed E-state index contributed by atoms with van der Waals surface area (Å²) in [6, 6.07) is 18.6. The first-order valence-corrected chi connectivity index (χ1v) is 9.28. The highest BCUT2D eigenvalue weighted by molar-refractivity contribution is 5.80. The highest BCUT2D eigenvalue weighted by atomic mass is 19.1. The van der Waals surface area contributed by atoms with Crippen molar-refractivity contribution in [3.8, 4) is 17.2 Å². The zero-order valence-corrected chi connectivity index (χ0v) is 16.5. The normalized spacial score (nSPS) is 11.2. The van der Waals surface area contributed by atoms with Crippen LogP contribution in [0.15, 0.2) is 71.5 Å².